The number of nitrogens with zero attached hydrogens (tertiary/aromatic N) is 2. The molecule has 0 aliphatic carbocycles. The Hall–Kier alpha value is -2.06. The fraction of sp³-hybridized carbons (Fsp3) is 0.375. The van der Waals surface area contributed by atoms with Gasteiger partial charge in [0.05, 0.1) is 24.8 Å². The smallest absolute Gasteiger partial charge is 0.165 e. The number of hydrogen-bond acceptors (Lipinski definition) is 5. The zero-order valence-electron chi connectivity index (χ0n) is 13.2. The lowest BCUT2D eigenvalue weighted by molar-refractivity contribution is 0.258. The Labute approximate surface area is 141 Å². The van der Waals surface area contributed by atoms with Crippen LogP contribution in [0.25, 0.3) is 10.9 Å². The number of nitrogens with one attached hydrogen (secondary N) is 1. The van der Waals surface area contributed by atoms with Crippen molar-refractivity contribution in [2.45, 2.75) is 6.42 Å². The minimum Gasteiger partial charge on any atom is -0.494 e. The molecule has 1 aliphatic rings. The van der Waals surface area contributed by atoms with Crippen molar-refractivity contribution in [3.05, 3.63) is 30.2 Å². The summed E-state index contributed by atoms with van der Waals surface area (Å²) in [5.41, 5.74) is 1.54. The van der Waals surface area contributed by atoms with Crippen LogP contribution >= 0.6 is 0 Å². The van der Waals surface area contributed by atoms with Gasteiger partial charge < -0.3 is 9.47 Å². The van der Waals surface area contributed by atoms with Gasteiger partial charge in [-0.3, -0.25) is 10.4 Å². The third-order valence-electron chi connectivity index (χ3n) is 4.05. The van der Waals surface area contributed by atoms with Crippen LogP contribution in [0.5, 0.6) is 11.5 Å². The highest BCUT2D eigenvalue weighted by atomic mass is 32.2. The molecule has 1 unspecified atom stereocenters. The maximum Gasteiger partial charge on any atom is 0.165 e. The molecule has 6 nitrogen and oxygen atoms in total. The van der Waals surface area contributed by atoms with Crippen LogP contribution in [-0.4, -0.2) is 45.9 Å². The fourth-order valence-corrected chi connectivity index (χ4v) is 3.58. The van der Waals surface area contributed by atoms with Gasteiger partial charge in [-0.05, 0) is 18.6 Å². The van der Waals surface area contributed by atoms with Gasteiger partial charge in [-0.25, -0.2) is 12.9 Å². The Morgan fingerprint density at radius 1 is 1.50 bits per heavy atom. The maximum atomic E-state index is 14.0. The minimum atomic E-state index is -1.35. The van der Waals surface area contributed by atoms with Crippen molar-refractivity contribution >= 4 is 27.4 Å². The predicted octanol–water partition coefficient (Wildman–Crippen LogP) is 2.35. The Morgan fingerprint density at radius 2 is 2.33 bits per heavy atom. The van der Waals surface area contributed by atoms with Gasteiger partial charge in [0.25, 0.3) is 0 Å². The summed E-state index contributed by atoms with van der Waals surface area (Å²) >= 11 is 0. The summed E-state index contributed by atoms with van der Waals surface area (Å²) in [4.78, 5) is 4.22. The van der Waals surface area contributed by atoms with Crippen LogP contribution in [0.3, 0.4) is 0 Å². The molecule has 1 fully saturated rings. The van der Waals surface area contributed by atoms with Crippen LogP contribution in [-0.2, 0) is 11.0 Å². The molecule has 24 heavy (non-hydrogen) atoms. The standard InChI is InChI=1S/C16H18FN3O3S/c1-22-16-7-14-12(6-13(16)17)15(2-4-19-14)23-9-11-3-5-20(8-11)24(21)10-18/h2,4,6-7,10-11,18H,3,5,8-9H2,1H3/t11-,24?/m0/s1. The SMILES string of the molecule is COc1cc2nccc(OC[C@H]3CCN(S(=O)C=N)C3)c2cc1F. The third kappa shape index (κ3) is 3.39. The Balaban J connectivity index is 1.73. The van der Waals surface area contributed by atoms with E-state index in [1.807, 2.05) is 0 Å². The summed E-state index contributed by atoms with van der Waals surface area (Å²) in [7, 11) is 0.0571. The monoisotopic (exact) mass is 351 g/mol. The average molecular weight is 351 g/mol. The van der Waals surface area contributed by atoms with Crippen LogP contribution < -0.4 is 9.47 Å². The number of fused-ring (bicyclic) bond motifs is 1. The van der Waals surface area contributed by atoms with Crippen molar-refractivity contribution in [1.82, 2.24) is 9.29 Å². The summed E-state index contributed by atoms with van der Waals surface area (Å²) < 4.78 is 38.1. The molecule has 0 spiro atoms. The highest BCUT2D eigenvalue weighted by Crippen LogP contribution is 2.30. The van der Waals surface area contributed by atoms with Crippen molar-refractivity contribution in [3.8, 4) is 11.5 Å². The van der Waals surface area contributed by atoms with Crippen LogP contribution in [0.1, 0.15) is 6.42 Å². The largest absolute Gasteiger partial charge is 0.494 e. The lowest BCUT2D eigenvalue weighted by atomic mass is 10.1. The lowest BCUT2D eigenvalue weighted by Gasteiger charge is -2.14. The molecule has 0 radical (unpaired) electrons. The average Bonchev–Trinajstić information content (AvgIpc) is 3.07. The van der Waals surface area contributed by atoms with E-state index < -0.39 is 16.8 Å². The van der Waals surface area contributed by atoms with Crippen molar-refractivity contribution in [3.63, 3.8) is 0 Å². The molecule has 3 rings (SSSR count). The molecule has 1 saturated heterocycles. The van der Waals surface area contributed by atoms with Gasteiger partial charge in [0.1, 0.15) is 16.7 Å². The van der Waals surface area contributed by atoms with E-state index in [2.05, 4.69) is 4.98 Å². The summed E-state index contributed by atoms with van der Waals surface area (Å²) in [6.07, 6.45) is 2.46. The number of rotatable bonds is 6. The van der Waals surface area contributed by atoms with Crippen molar-refractivity contribution in [2.75, 3.05) is 26.8 Å². The van der Waals surface area contributed by atoms with Gasteiger partial charge in [0, 0.05) is 36.7 Å². The van der Waals surface area contributed by atoms with Crippen molar-refractivity contribution in [1.29, 1.82) is 5.41 Å². The van der Waals surface area contributed by atoms with Crippen molar-refractivity contribution < 1.29 is 18.1 Å². The van der Waals surface area contributed by atoms with E-state index in [1.165, 1.54) is 13.2 Å². The Kier molecular flexibility index (Phi) is 5.06. The molecular formula is C16H18FN3O3S. The van der Waals surface area contributed by atoms with Gasteiger partial charge in [0.2, 0.25) is 0 Å². The molecule has 2 atom stereocenters. The number of benzene rings is 1. The molecule has 1 aromatic carbocycles. The molecule has 1 N–H and O–H groups in total. The minimum absolute atomic E-state index is 0.146. The van der Waals surface area contributed by atoms with Crippen LogP contribution in [0.4, 0.5) is 4.39 Å². The highest BCUT2D eigenvalue weighted by molar-refractivity contribution is 7.96. The summed E-state index contributed by atoms with van der Waals surface area (Å²) in [5, 5.41) is 7.66. The predicted molar refractivity (Wildman–Crippen MR) is 90.4 cm³/mol. The summed E-state index contributed by atoms with van der Waals surface area (Å²) in [6.45, 7) is 1.74. The number of halogens is 1. The molecule has 2 aromatic rings. The van der Waals surface area contributed by atoms with Gasteiger partial charge in [-0.2, -0.15) is 0 Å². The van der Waals surface area contributed by atoms with E-state index in [0.717, 1.165) is 12.0 Å². The van der Waals surface area contributed by atoms with Crippen LogP contribution in [0.2, 0.25) is 0 Å². The van der Waals surface area contributed by atoms with Gasteiger partial charge in [-0.15, -0.1) is 0 Å². The van der Waals surface area contributed by atoms with E-state index in [0.29, 0.717) is 36.3 Å². The van der Waals surface area contributed by atoms with E-state index in [-0.39, 0.29) is 11.7 Å². The molecule has 0 saturated carbocycles. The van der Waals surface area contributed by atoms with Gasteiger partial charge in [0.15, 0.2) is 11.6 Å². The van der Waals surface area contributed by atoms with Crippen LogP contribution in [0, 0.1) is 17.1 Å². The van der Waals surface area contributed by atoms with Gasteiger partial charge >= 0.3 is 0 Å². The number of pyridine rings is 1. The zero-order chi connectivity index (χ0) is 17.1. The normalized spacial score (nSPS) is 19.3. The topological polar surface area (TPSA) is 75.5 Å². The highest BCUT2D eigenvalue weighted by Gasteiger charge is 2.26. The summed E-state index contributed by atoms with van der Waals surface area (Å²) in [6, 6.07) is 4.61. The second-order valence-corrected chi connectivity index (χ2v) is 6.87. The quantitative estimate of drug-likeness (QED) is 0.640. The molecule has 0 amide bonds. The van der Waals surface area contributed by atoms with E-state index >= 15 is 0 Å². The second-order valence-electron chi connectivity index (χ2n) is 5.56. The molecule has 128 valence electrons. The summed E-state index contributed by atoms with van der Waals surface area (Å²) in [5.74, 6) is 0.470. The Bertz CT molecular complexity index is 786. The van der Waals surface area contributed by atoms with Crippen molar-refractivity contribution in [2.24, 2.45) is 5.92 Å². The first-order valence-corrected chi connectivity index (χ1v) is 8.70. The fourth-order valence-electron chi connectivity index (χ4n) is 2.78. The number of hydrogen-bond donors (Lipinski definition) is 1. The third-order valence-corrected chi connectivity index (χ3v) is 5.10. The van der Waals surface area contributed by atoms with E-state index in [4.69, 9.17) is 14.9 Å². The lowest BCUT2D eigenvalue weighted by Crippen LogP contribution is -2.25. The second kappa shape index (κ2) is 7.23. The van der Waals surface area contributed by atoms with E-state index in [9.17, 15) is 8.60 Å². The van der Waals surface area contributed by atoms with Crippen LogP contribution in [0.15, 0.2) is 24.4 Å². The molecule has 0 bridgehead atoms. The molecule has 8 heteroatoms. The number of methoxy groups -OCH3 is 1. The Morgan fingerprint density at radius 3 is 3.08 bits per heavy atom. The molecule has 1 aromatic heterocycles. The van der Waals surface area contributed by atoms with E-state index in [1.54, 1.807) is 22.6 Å². The number of aromatic nitrogens is 1. The first-order chi connectivity index (χ1) is 11.6. The number of ether oxygens (including phenoxy) is 2. The molecule has 2 heterocycles. The zero-order valence-corrected chi connectivity index (χ0v) is 14.0. The first kappa shape index (κ1) is 16.8. The molecule has 1 aliphatic heterocycles. The van der Waals surface area contributed by atoms with Gasteiger partial charge in [-0.1, -0.05) is 0 Å². The molecular weight excluding hydrogens is 333 g/mol. The first-order valence-electron chi connectivity index (χ1n) is 7.53. The maximum absolute atomic E-state index is 14.0.